The Bertz CT molecular complexity index is 338. The Labute approximate surface area is 96.5 Å². The van der Waals surface area contributed by atoms with Gasteiger partial charge in [-0.1, -0.05) is 37.6 Å². The molecule has 0 saturated carbocycles. The van der Waals surface area contributed by atoms with E-state index in [2.05, 4.69) is 13.8 Å². The van der Waals surface area contributed by atoms with E-state index in [9.17, 15) is 4.79 Å². The molecule has 82 valence electrons. The van der Waals surface area contributed by atoms with Crippen LogP contribution >= 0.6 is 11.6 Å². The van der Waals surface area contributed by atoms with Crippen LogP contribution in [0.1, 0.15) is 32.8 Å². The molecule has 0 bridgehead atoms. The topological polar surface area (TPSA) is 17.1 Å². The summed E-state index contributed by atoms with van der Waals surface area (Å²) in [4.78, 5) is 11.1. The van der Waals surface area contributed by atoms with E-state index in [0.717, 1.165) is 11.4 Å². The molecule has 0 fully saturated rings. The van der Waals surface area contributed by atoms with Crippen molar-refractivity contribution >= 4 is 17.4 Å². The fraction of sp³-hybridized carbons (Fsp3) is 0.462. The molecule has 0 unspecified atom stereocenters. The van der Waals surface area contributed by atoms with Crippen LogP contribution in [0.5, 0.6) is 0 Å². The van der Waals surface area contributed by atoms with Crippen LogP contribution in [0.4, 0.5) is 0 Å². The highest BCUT2D eigenvalue weighted by molar-refractivity contribution is 6.30. The van der Waals surface area contributed by atoms with Crippen molar-refractivity contribution in [2.24, 2.45) is 5.41 Å². The van der Waals surface area contributed by atoms with Gasteiger partial charge in [-0.3, -0.25) is 0 Å². The van der Waals surface area contributed by atoms with Gasteiger partial charge < -0.3 is 4.79 Å². The largest absolute Gasteiger partial charge is 0.300 e. The molecule has 1 aromatic rings. The Morgan fingerprint density at radius 1 is 1.27 bits per heavy atom. The first-order valence-corrected chi connectivity index (χ1v) is 5.51. The summed E-state index contributed by atoms with van der Waals surface area (Å²) in [6.45, 7) is 5.87. The molecule has 0 N–H and O–H groups in total. The Morgan fingerprint density at radius 3 is 2.27 bits per heavy atom. The third kappa shape index (κ3) is 4.48. The molecule has 0 aromatic heterocycles. The summed E-state index contributed by atoms with van der Waals surface area (Å²) >= 11 is 5.81. The molecule has 0 saturated heterocycles. The number of halogens is 1. The van der Waals surface area contributed by atoms with Crippen molar-refractivity contribution in [1.82, 2.24) is 0 Å². The number of hydrogen-bond acceptors (Lipinski definition) is 1. The molecule has 0 heterocycles. The van der Waals surface area contributed by atoms with Gasteiger partial charge in [0.2, 0.25) is 0 Å². The number of ketones is 1. The molecule has 1 rings (SSSR count). The second-order valence-corrected chi connectivity index (χ2v) is 5.28. The van der Waals surface area contributed by atoms with E-state index in [1.165, 1.54) is 5.56 Å². The minimum absolute atomic E-state index is 0.0274. The Kier molecular flexibility index (Phi) is 3.92. The first-order valence-electron chi connectivity index (χ1n) is 5.13. The SMILES string of the molecule is CC(=O)CC(C)(C)Cc1ccc(Cl)cc1. The number of benzene rings is 1. The molecule has 1 aromatic carbocycles. The first kappa shape index (κ1) is 12.3. The Hall–Kier alpha value is -0.820. The van der Waals surface area contributed by atoms with Gasteiger partial charge in [-0.25, -0.2) is 0 Å². The molecule has 1 nitrogen and oxygen atoms in total. The maximum Gasteiger partial charge on any atom is 0.130 e. The normalized spacial score (nSPS) is 11.5. The summed E-state index contributed by atoms with van der Waals surface area (Å²) in [6.07, 6.45) is 1.53. The minimum atomic E-state index is 0.0274. The molecule has 0 spiro atoms. The maximum absolute atomic E-state index is 11.1. The van der Waals surface area contributed by atoms with E-state index in [1.807, 2.05) is 24.3 Å². The van der Waals surface area contributed by atoms with Crippen LogP contribution in [0.15, 0.2) is 24.3 Å². The van der Waals surface area contributed by atoms with Crippen LogP contribution in [0.2, 0.25) is 5.02 Å². The first-order chi connectivity index (χ1) is 6.89. The quantitative estimate of drug-likeness (QED) is 0.759. The summed E-state index contributed by atoms with van der Waals surface area (Å²) in [5, 5.41) is 0.753. The zero-order valence-corrected chi connectivity index (χ0v) is 10.3. The lowest BCUT2D eigenvalue weighted by atomic mass is 9.81. The van der Waals surface area contributed by atoms with Crippen LogP contribution < -0.4 is 0 Å². The summed E-state index contributed by atoms with van der Waals surface area (Å²) in [7, 11) is 0. The summed E-state index contributed by atoms with van der Waals surface area (Å²) in [6, 6.07) is 7.82. The van der Waals surface area contributed by atoms with Crippen molar-refractivity contribution in [1.29, 1.82) is 0 Å². The average Bonchev–Trinajstić information content (AvgIpc) is 2.06. The van der Waals surface area contributed by atoms with Gasteiger partial charge in [0.25, 0.3) is 0 Å². The van der Waals surface area contributed by atoms with Gasteiger partial charge in [0, 0.05) is 11.4 Å². The molecule has 0 aliphatic rings. The number of rotatable bonds is 4. The predicted molar refractivity (Wildman–Crippen MR) is 64.2 cm³/mol. The van der Waals surface area contributed by atoms with Gasteiger partial charge in [0.15, 0.2) is 0 Å². The fourth-order valence-electron chi connectivity index (χ4n) is 1.89. The standard InChI is InChI=1S/C13H17ClO/c1-10(15)8-13(2,3)9-11-4-6-12(14)7-5-11/h4-7H,8-9H2,1-3H3. The van der Waals surface area contributed by atoms with Crippen molar-refractivity contribution in [2.75, 3.05) is 0 Å². The van der Waals surface area contributed by atoms with Crippen molar-refractivity contribution in [3.05, 3.63) is 34.9 Å². The number of carbonyl (C=O) groups is 1. The van der Waals surface area contributed by atoms with Crippen LogP contribution in [-0.2, 0) is 11.2 Å². The van der Waals surface area contributed by atoms with Gasteiger partial charge in [0.1, 0.15) is 5.78 Å². The third-order valence-corrected chi connectivity index (χ3v) is 2.58. The van der Waals surface area contributed by atoms with Crippen molar-refractivity contribution < 1.29 is 4.79 Å². The third-order valence-electron chi connectivity index (χ3n) is 2.32. The molecule has 0 aliphatic heterocycles. The van der Waals surface area contributed by atoms with Gasteiger partial charge >= 0.3 is 0 Å². The number of Topliss-reactive ketones (excluding diaryl/α,β-unsaturated/α-hetero) is 1. The lowest BCUT2D eigenvalue weighted by Gasteiger charge is -2.23. The molecular weight excluding hydrogens is 208 g/mol. The second kappa shape index (κ2) is 4.80. The monoisotopic (exact) mass is 224 g/mol. The van der Waals surface area contributed by atoms with E-state index >= 15 is 0 Å². The van der Waals surface area contributed by atoms with E-state index in [-0.39, 0.29) is 11.2 Å². The van der Waals surface area contributed by atoms with Gasteiger partial charge in [-0.2, -0.15) is 0 Å². The van der Waals surface area contributed by atoms with E-state index in [4.69, 9.17) is 11.6 Å². The summed E-state index contributed by atoms with van der Waals surface area (Å²) in [5.74, 6) is 0.244. The van der Waals surface area contributed by atoms with E-state index < -0.39 is 0 Å². The van der Waals surface area contributed by atoms with Crippen LogP contribution in [0.3, 0.4) is 0 Å². The summed E-state index contributed by atoms with van der Waals surface area (Å²) in [5.41, 5.74) is 1.25. The second-order valence-electron chi connectivity index (χ2n) is 4.85. The Morgan fingerprint density at radius 2 is 1.80 bits per heavy atom. The predicted octanol–water partition coefficient (Wildman–Crippen LogP) is 3.89. The fourth-order valence-corrected chi connectivity index (χ4v) is 2.02. The van der Waals surface area contributed by atoms with Crippen LogP contribution in [-0.4, -0.2) is 5.78 Å². The highest BCUT2D eigenvalue weighted by Crippen LogP contribution is 2.26. The number of hydrogen-bond donors (Lipinski definition) is 0. The van der Waals surface area contributed by atoms with Gasteiger partial charge in [-0.05, 0) is 36.5 Å². The zero-order valence-electron chi connectivity index (χ0n) is 9.51. The highest BCUT2D eigenvalue weighted by Gasteiger charge is 2.20. The van der Waals surface area contributed by atoms with Crippen molar-refractivity contribution in [2.45, 2.75) is 33.6 Å². The molecule has 0 atom stereocenters. The lowest BCUT2D eigenvalue weighted by molar-refractivity contribution is -0.118. The van der Waals surface area contributed by atoms with E-state index in [1.54, 1.807) is 6.92 Å². The summed E-state index contributed by atoms with van der Waals surface area (Å²) < 4.78 is 0. The van der Waals surface area contributed by atoms with Crippen molar-refractivity contribution in [3.63, 3.8) is 0 Å². The van der Waals surface area contributed by atoms with Crippen molar-refractivity contribution in [3.8, 4) is 0 Å². The smallest absolute Gasteiger partial charge is 0.130 e. The zero-order chi connectivity index (χ0) is 11.5. The van der Waals surface area contributed by atoms with E-state index in [0.29, 0.717) is 6.42 Å². The highest BCUT2D eigenvalue weighted by atomic mass is 35.5. The van der Waals surface area contributed by atoms with Crippen LogP contribution in [0, 0.1) is 5.41 Å². The Balaban J connectivity index is 2.68. The average molecular weight is 225 g/mol. The molecule has 15 heavy (non-hydrogen) atoms. The number of carbonyl (C=O) groups excluding carboxylic acids is 1. The minimum Gasteiger partial charge on any atom is -0.300 e. The van der Waals surface area contributed by atoms with Gasteiger partial charge in [-0.15, -0.1) is 0 Å². The molecule has 0 amide bonds. The molecule has 0 radical (unpaired) electrons. The van der Waals surface area contributed by atoms with Crippen LogP contribution in [0.25, 0.3) is 0 Å². The molecular formula is C13H17ClO. The molecule has 0 aliphatic carbocycles. The maximum atomic E-state index is 11.1. The molecule has 2 heteroatoms. The van der Waals surface area contributed by atoms with Gasteiger partial charge in [0.05, 0.1) is 0 Å². The lowest BCUT2D eigenvalue weighted by Crippen LogP contribution is -2.18.